The van der Waals surface area contributed by atoms with Crippen molar-refractivity contribution < 1.29 is 9.53 Å². The average molecular weight is 226 g/mol. The van der Waals surface area contributed by atoms with Gasteiger partial charge in [0.05, 0.1) is 0 Å². The van der Waals surface area contributed by atoms with Crippen molar-refractivity contribution in [3.8, 4) is 0 Å². The van der Waals surface area contributed by atoms with E-state index in [1.807, 2.05) is 0 Å². The van der Waals surface area contributed by atoms with Crippen molar-refractivity contribution in [2.75, 3.05) is 0 Å². The molecular formula is C14H26O2. The van der Waals surface area contributed by atoms with Gasteiger partial charge in [0.2, 0.25) is 0 Å². The number of hydrogen-bond donors (Lipinski definition) is 0. The number of esters is 1. The first kappa shape index (κ1) is 15.2. The predicted octanol–water partition coefficient (Wildman–Crippen LogP) is 3.96. The smallest absolute Gasteiger partial charge is 0.333 e. The van der Waals surface area contributed by atoms with Crippen LogP contribution in [0.5, 0.6) is 0 Å². The first-order valence-electron chi connectivity index (χ1n) is 6.30. The molecule has 0 heterocycles. The van der Waals surface area contributed by atoms with Gasteiger partial charge in [0, 0.05) is 5.57 Å². The van der Waals surface area contributed by atoms with Crippen molar-refractivity contribution in [1.82, 2.24) is 0 Å². The molecule has 0 rings (SSSR count). The quantitative estimate of drug-likeness (QED) is 0.485. The summed E-state index contributed by atoms with van der Waals surface area (Å²) in [6.07, 6.45) is 3.27. The molecule has 0 aromatic rings. The summed E-state index contributed by atoms with van der Waals surface area (Å²) < 4.78 is 5.54. The molecule has 0 aromatic carbocycles. The molecule has 0 aromatic heterocycles. The van der Waals surface area contributed by atoms with Gasteiger partial charge in [-0.05, 0) is 25.2 Å². The van der Waals surface area contributed by atoms with Crippen LogP contribution in [0.25, 0.3) is 0 Å². The van der Waals surface area contributed by atoms with E-state index in [0.717, 1.165) is 19.3 Å². The summed E-state index contributed by atoms with van der Waals surface area (Å²) in [4.78, 5) is 11.6. The number of carbonyl (C=O) groups is 1. The molecule has 0 amide bonds. The van der Waals surface area contributed by atoms with Gasteiger partial charge < -0.3 is 4.74 Å². The van der Waals surface area contributed by atoms with E-state index in [9.17, 15) is 4.79 Å². The molecular weight excluding hydrogens is 200 g/mol. The standard InChI is InChI=1S/C14H26O2/c1-7-9-12(6)13(11(5)8-2)16-14(15)10(3)4/h11-13H,3,7-9H2,1-2,4-6H3. The van der Waals surface area contributed by atoms with Gasteiger partial charge >= 0.3 is 5.97 Å². The summed E-state index contributed by atoms with van der Waals surface area (Å²) in [5.41, 5.74) is 0.483. The third kappa shape index (κ3) is 4.82. The molecule has 0 aliphatic carbocycles. The number of carbonyl (C=O) groups excluding carboxylic acids is 1. The van der Waals surface area contributed by atoms with Crippen molar-refractivity contribution in [3.63, 3.8) is 0 Å². The van der Waals surface area contributed by atoms with E-state index < -0.39 is 0 Å². The normalized spacial score (nSPS) is 16.3. The SMILES string of the molecule is C=C(C)C(=O)OC(C(C)CC)C(C)CCC. The van der Waals surface area contributed by atoms with Crippen LogP contribution in [-0.2, 0) is 9.53 Å². The second kappa shape index (κ2) is 7.48. The molecule has 0 N–H and O–H groups in total. The zero-order valence-electron chi connectivity index (χ0n) is 11.4. The fraction of sp³-hybridized carbons (Fsp3) is 0.786. The third-order valence-electron chi connectivity index (χ3n) is 3.10. The highest BCUT2D eigenvalue weighted by Gasteiger charge is 2.26. The molecule has 0 saturated heterocycles. The van der Waals surface area contributed by atoms with E-state index in [4.69, 9.17) is 4.74 Å². The molecule has 0 bridgehead atoms. The maximum atomic E-state index is 11.6. The van der Waals surface area contributed by atoms with Gasteiger partial charge in [-0.15, -0.1) is 0 Å². The van der Waals surface area contributed by atoms with E-state index >= 15 is 0 Å². The van der Waals surface area contributed by atoms with Crippen molar-refractivity contribution in [2.45, 2.75) is 60.0 Å². The lowest BCUT2D eigenvalue weighted by Crippen LogP contribution is -2.31. The van der Waals surface area contributed by atoms with Crippen LogP contribution >= 0.6 is 0 Å². The topological polar surface area (TPSA) is 26.3 Å². The molecule has 3 atom stereocenters. The van der Waals surface area contributed by atoms with E-state index in [-0.39, 0.29) is 12.1 Å². The highest BCUT2D eigenvalue weighted by Crippen LogP contribution is 2.24. The van der Waals surface area contributed by atoms with Crippen LogP contribution in [0.4, 0.5) is 0 Å². The zero-order chi connectivity index (χ0) is 12.7. The molecule has 94 valence electrons. The highest BCUT2D eigenvalue weighted by molar-refractivity contribution is 5.87. The van der Waals surface area contributed by atoms with Crippen molar-refractivity contribution in [3.05, 3.63) is 12.2 Å². The minimum Gasteiger partial charge on any atom is -0.458 e. The Kier molecular flexibility index (Phi) is 7.11. The summed E-state index contributed by atoms with van der Waals surface area (Å²) in [7, 11) is 0. The molecule has 2 nitrogen and oxygen atoms in total. The minimum atomic E-state index is -0.256. The Bertz CT molecular complexity index is 233. The molecule has 0 radical (unpaired) electrons. The Morgan fingerprint density at radius 1 is 1.25 bits per heavy atom. The summed E-state index contributed by atoms with van der Waals surface area (Å²) in [6.45, 7) is 13.9. The summed E-state index contributed by atoms with van der Waals surface area (Å²) in [5, 5.41) is 0. The molecule has 0 aliphatic heterocycles. The van der Waals surface area contributed by atoms with Gasteiger partial charge in [-0.25, -0.2) is 4.79 Å². The Hall–Kier alpha value is -0.790. The number of ether oxygens (including phenoxy) is 1. The van der Waals surface area contributed by atoms with Gasteiger partial charge in [-0.3, -0.25) is 0 Å². The maximum absolute atomic E-state index is 11.6. The van der Waals surface area contributed by atoms with Crippen LogP contribution in [0.3, 0.4) is 0 Å². The monoisotopic (exact) mass is 226 g/mol. The Balaban J connectivity index is 4.54. The number of rotatable bonds is 7. The Labute approximate surface area is 100 Å². The lowest BCUT2D eigenvalue weighted by atomic mass is 9.88. The third-order valence-corrected chi connectivity index (χ3v) is 3.10. The summed E-state index contributed by atoms with van der Waals surface area (Å²) in [6, 6.07) is 0. The lowest BCUT2D eigenvalue weighted by Gasteiger charge is -2.28. The van der Waals surface area contributed by atoms with Gasteiger partial charge in [0.15, 0.2) is 0 Å². The average Bonchev–Trinajstić information content (AvgIpc) is 2.24. The molecule has 0 aliphatic rings. The first-order chi connectivity index (χ1) is 7.43. The maximum Gasteiger partial charge on any atom is 0.333 e. The Morgan fingerprint density at radius 3 is 2.19 bits per heavy atom. The minimum absolute atomic E-state index is 0.0224. The lowest BCUT2D eigenvalue weighted by molar-refractivity contribution is -0.150. The second-order valence-electron chi connectivity index (χ2n) is 4.80. The summed E-state index contributed by atoms with van der Waals surface area (Å²) in [5.74, 6) is 0.571. The van der Waals surface area contributed by atoms with Crippen LogP contribution in [0, 0.1) is 11.8 Å². The largest absolute Gasteiger partial charge is 0.458 e. The van der Waals surface area contributed by atoms with E-state index in [1.165, 1.54) is 0 Å². The fourth-order valence-electron chi connectivity index (χ4n) is 1.87. The number of hydrogen-bond acceptors (Lipinski definition) is 2. The fourth-order valence-corrected chi connectivity index (χ4v) is 1.87. The molecule has 0 spiro atoms. The highest BCUT2D eigenvalue weighted by atomic mass is 16.5. The van der Waals surface area contributed by atoms with E-state index in [2.05, 4.69) is 34.3 Å². The molecule has 0 fully saturated rings. The van der Waals surface area contributed by atoms with Gasteiger partial charge in [-0.2, -0.15) is 0 Å². The van der Waals surface area contributed by atoms with Crippen LogP contribution in [0.15, 0.2) is 12.2 Å². The molecule has 16 heavy (non-hydrogen) atoms. The van der Waals surface area contributed by atoms with E-state index in [1.54, 1.807) is 6.92 Å². The molecule has 3 unspecified atom stereocenters. The van der Waals surface area contributed by atoms with Gasteiger partial charge in [-0.1, -0.05) is 47.1 Å². The predicted molar refractivity (Wildman–Crippen MR) is 68.2 cm³/mol. The van der Waals surface area contributed by atoms with Crippen LogP contribution in [-0.4, -0.2) is 12.1 Å². The van der Waals surface area contributed by atoms with Gasteiger partial charge in [0.25, 0.3) is 0 Å². The Morgan fingerprint density at radius 2 is 1.81 bits per heavy atom. The zero-order valence-corrected chi connectivity index (χ0v) is 11.4. The summed E-state index contributed by atoms with van der Waals surface area (Å²) >= 11 is 0. The molecule has 0 saturated carbocycles. The first-order valence-corrected chi connectivity index (χ1v) is 6.30. The molecule has 2 heteroatoms. The van der Waals surface area contributed by atoms with E-state index in [0.29, 0.717) is 17.4 Å². The van der Waals surface area contributed by atoms with Crippen molar-refractivity contribution >= 4 is 5.97 Å². The van der Waals surface area contributed by atoms with Crippen LogP contribution < -0.4 is 0 Å². The second-order valence-corrected chi connectivity index (χ2v) is 4.80. The van der Waals surface area contributed by atoms with Crippen LogP contribution in [0.1, 0.15) is 53.9 Å². The van der Waals surface area contributed by atoms with Crippen LogP contribution in [0.2, 0.25) is 0 Å². The van der Waals surface area contributed by atoms with Gasteiger partial charge in [0.1, 0.15) is 6.10 Å². The van der Waals surface area contributed by atoms with Crippen molar-refractivity contribution in [1.29, 1.82) is 0 Å². The van der Waals surface area contributed by atoms with Crippen molar-refractivity contribution in [2.24, 2.45) is 11.8 Å².